The van der Waals surface area contributed by atoms with E-state index in [0.717, 1.165) is 24.5 Å². The van der Waals surface area contributed by atoms with Crippen molar-refractivity contribution in [2.75, 3.05) is 37.0 Å². The highest BCUT2D eigenvalue weighted by Crippen LogP contribution is 2.27. The quantitative estimate of drug-likeness (QED) is 0.859. The molecule has 4 nitrogen and oxygen atoms in total. The first kappa shape index (κ1) is 11.8. The van der Waals surface area contributed by atoms with Crippen LogP contribution in [0.3, 0.4) is 0 Å². The van der Waals surface area contributed by atoms with Gasteiger partial charge in [-0.3, -0.25) is 4.79 Å². The van der Waals surface area contributed by atoms with Crippen LogP contribution < -0.4 is 15.5 Å². The molecule has 0 unspecified atom stereocenters. The Labute approximate surface area is 102 Å². The average molecular weight is 233 g/mol. The Kier molecular flexibility index (Phi) is 3.22. The van der Waals surface area contributed by atoms with E-state index in [9.17, 15) is 4.79 Å². The predicted octanol–water partition coefficient (Wildman–Crippen LogP) is 1.45. The molecular weight excluding hydrogens is 214 g/mol. The third-order valence-electron chi connectivity index (χ3n) is 3.20. The van der Waals surface area contributed by atoms with Crippen LogP contribution in [-0.2, 0) is 0 Å². The zero-order valence-corrected chi connectivity index (χ0v) is 10.4. The summed E-state index contributed by atoms with van der Waals surface area (Å²) in [5.74, 6) is -0.366. The van der Waals surface area contributed by atoms with E-state index >= 15 is 0 Å². The number of nitrogens with two attached hydrogens (primary N) is 1. The van der Waals surface area contributed by atoms with Gasteiger partial charge in [-0.15, -0.1) is 0 Å². The maximum atomic E-state index is 11.5. The van der Waals surface area contributed by atoms with E-state index in [2.05, 4.69) is 11.0 Å². The van der Waals surface area contributed by atoms with Crippen LogP contribution in [0, 0.1) is 0 Å². The van der Waals surface area contributed by atoms with Gasteiger partial charge in [-0.1, -0.05) is 0 Å². The van der Waals surface area contributed by atoms with Gasteiger partial charge >= 0.3 is 0 Å². The van der Waals surface area contributed by atoms with Gasteiger partial charge in [-0.25, -0.2) is 0 Å². The summed E-state index contributed by atoms with van der Waals surface area (Å²) >= 11 is 0. The molecule has 0 radical (unpaired) electrons. The van der Waals surface area contributed by atoms with Crippen LogP contribution in [0.15, 0.2) is 18.2 Å². The average Bonchev–Trinajstić information content (AvgIpc) is 2.81. The van der Waals surface area contributed by atoms with Crippen molar-refractivity contribution < 1.29 is 4.79 Å². The highest BCUT2D eigenvalue weighted by Gasteiger charge is 2.16. The molecule has 0 aromatic heterocycles. The topological polar surface area (TPSA) is 49.6 Å². The largest absolute Gasteiger partial charge is 0.377 e. The van der Waals surface area contributed by atoms with Crippen molar-refractivity contribution in [1.29, 1.82) is 0 Å². The zero-order chi connectivity index (χ0) is 12.4. The van der Waals surface area contributed by atoms with Gasteiger partial charge in [0.25, 0.3) is 5.91 Å². The molecule has 1 aliphatic rings. The van der Waals surface area contributed by atoms with Crippen LogP contribution in [0.5, 0.6) is 0 Å². The third kappa shape index (κ3) is 2.35. The number of hydrogen-bond acceptors (Lipinski definition) is 3. The van der Waals surface area contributed by atoms with Crippen LogP contribution >= 0.6 is 0 Å². The number of amides is 1. The van der Waals surface area contributed by atoms with Crippen molar-refractivity contribution in [2.45, 2.75) is 12.8 Å². The molecule has 1 heterocycles. The normalized spacial score (nSPS) is 15.1. The molecule has 1 aromatic rings. The molecule has 17 heavy (non-hydrogen) atoms. The monoisotopic (exact) mass is 233 g/mol. The van der Waals surface area contributed by atoms with Gasteiger partial charge in [0.05, 0.1) is 5.56 Å². The Hall–Kier alpha value is -1.71. The fourth-order valence-corrected chi connectivity index (χ4v) is 2.28. The van der Waals surface area contributed by atoms with Crippen LogP contribution in [0.4, 0.5) is 11.4 Å². The number of hydrogen-bond donors (Lipinski definition) is 1. The second kappa shape index (κ2) is 4.65. The first-order valence-electron chi connectivity index (χ1n) is 5.95. The van der Waals surface area contributed by atoms with Crippen LogP contribution in [0.2, 0.25) is 0 Å². The Morgan fingerprint density at radius 3 is 2.47 bits per heavy atom. The SMILES string of the molecule is CN(C)c1ccc(N2CCCC2)cc1C(N)=O. The number of benzene rings is 1. The van der Waals surface area contributed by atoms with Gasteiger partial charge in [0, 0.05) is 38.6 Å². The van der Waals surface area contributed by atoms with Crippen molar-refractivity contribution in [2.24, 2.45) is 5.73 Å². The van der Waals surface area contributed by atoms with E-state index in [-0.39, 0.29) is 5.91 Å². The van der Waals surface area contributed by atoms with E-state index in [1.807, 2.05) is 31.1 Å². The lowest BCUT2D eigenvalue weighted by atomic mass is 10.1. The van der Waals surface area contributed by atoms with Crippen LogP contribution in [0.25, 0.3) is 0 Å². The molecule has 0 saturated carbocycles. The summed E-state index contributed by atoms with van der Waals surface area (Å²) in [5, 5.41) is 0. The summed E-state index contributed by atoms with van der Waals surface area (Å²) in [6, 6.07) is 5.93. The van der Waals surface area contributed by atoms with Gasteiger partial charge in [0.15, 0.2) is 0 Å². The van der Waals surface area contributed by atoms with Gasteiger partial charge in [-0.05, 0) is 31.0 Å². The van der Waals surface area contributed by atoms with Gasteiger partial charge < -0.3 is 15.5 Å². The van der Waals surface area contributed by atoms with Crippen molar-refractivity contribution in [1.82, 2.24) is 0 Å². The van der Waals surface area contributed by atoms with Crippen LogP contribution in [-0.4, -0.2) is 33.1 Å². The number of carbonyl (C=O) groups excluding carboxylic acids is 1. The molecule has 4 heteroatoms. The van der Waals surface area contributed by atoms with E-state index in [1.54, 1.807) is 0 Å². The van der Waals surface area contributed by atoms with Crippen molar-refractivity contribution in [3.63, 3.8) is 0 Å². The molecule has 1 aromatic carbocycles. The fourth-order valence-electron chi connectivity index (χ4n) is 2.28. The number of primary amides is 1. The van der Waals surface area contributed by atoms with Gasteiger partial charge in [0.2, 0.25) is 0 Å². The fraction of sp³-hybridized carbons (Fsp3) is 0.462. The standard InChI is InChI=1S/C13H19N3O/c1-15(2)12-6-5-10(9-11(12)13(14)17)16-7-3-4-8-16/h5-6,9H,3-4,7-8H2,1-2H3,(H2,14,17). The molecule has 1 aliphatic heterocycles. The lowest BCUT2D eigenvalue weighted by Crippen LogP contribution is -2.21. The van der Waals surface area contributed by atoms with E-state index in [4.69, 9.17) is 5.73 Å². The molecule has 0 bridgehead atoms. The Morgan fingerprint density at radius 2 is 1.94 bits per heavy atom. The Morgan fingerprint density at radius 1 is 1.29 bits per heavy atom. The third-order valence-corrected chi connectivity index (χ3v) is 3.20. The number of nitrogens with zero attached hydrogens (tertiary/aromatic N) is 2. The van der Waals surface area contributed by atoms with Crippen LogP contribution in [0.1, 0.15) is 23.2 Å². The van der Waals surface area contributed by atoms with E-state index < -0.39 is 0 Å². The predicted molar refractivity (Wildman–Crippen MR) is 70.7 cm³/mol. The maximum Gasteiger partial charge on any atom is 0.250 e. The summed E-state index contributed by atoms with van der Waals surface area (Å²) in [7, 11) is 3.83. The molecule has 0 atom stereocenters. The Bertz CT molecular complexity index is 423. The summed E-state index contributed by atoms with van der Waals surface area (Å²) < 4.78 is 0. The second-order valence-electron chi connectivity index (χ2n) is 4.65. The minimum Gasteiger partial charge on any atom is -0.377 e. The molecule has 2 rings (SSSR count). The van der Waals surface area contributed by atoms with Gasteiger partial charge in [-0.2, -0.15) is 0 Å². The summed E-state index contributed by atoms with van der Waals surface area (Å²) in [6.45, 7) is 2.14. The first-order chi connectivity index (χ1) is 8.09. The highest BCUT2D eigenvalue weighted by molar-refractivity contribution is 5.99. The van der Waals surface area contributed by atoms with Crippen molar-refractivity contribution >= 4 is 17.3 Å². The number of rotatable bonds is 3. The zero-order valence-electron chi connectivity index (χ0n) is 10.4. The van der Waals surface area contributed by atoms with Gasteiger partial charge in [0.1, 0.15) is 0 Å². The van der Waals surface area contributed by atoms with E-state index in [0.29, 0.717) is 5.56 Å². The molecule has 92 valence electrons. The molecular formula is C13H19N3O. The molecule has 1 amide bonds. The second-order valence-corrected chi connectivity index (χ2v) is 4.65. The highest BCUT2D eigenvalue weighted by atomic mass is 16.1. The first-order valence-corrected chi connectivity index (χ1v) is 5.95. The van der Waals surface area contributed by atoms with Crippen molar-refractivity contribution in [3.05, 3.63) is 23.8 Å². The molecule has 1 fully saturated rings. The van der Waals surface area contributed by atoms with Crippen molar-refractivity contribution in [3.8, 4) is 0 Å². The molecule has 2 N–H and O–H groups in total. The lowest BCUT2D eigenvalue weighted by molar-refractivity contribution is 0.100. The summed E-state index contributed by atoms with van der Waals surface area (Å²) in [6.07, 6.45) is 2.45. The molecule has 0 spiro atoms. The minimum atomic E-state index is -0.366. The molecule has 0 aliphatic carbocycles. The summed E-state index contributed by atoms with van der Waals surface area (Å²) in [4.78, 5) is 15.7. The summed E-state index contributed by atoms with van der Waals surface area (Å²) in [5.41, 5.74) is 8.01. The number of anilines is 2. The smallest absolute Gasteiger partial charge is 0.250 e. The Balaban J connectivity index is 2.37. The molecule has 1 saturated heterocycles. The van der Waals surface area contributed by atoms with E-state index in [1.165, 1.54) is 12.8 Å². The minimum absolute atomic E-state index is 0.366. The number of carbonyl (C=O) groups is 1. The lowest BCUT2D eigenvalue weighted by Gasteiger charge is -2.21. The maximum absolute atomic E-state index is 11.5.